The normalized spacial score (nSPS) is 12.9. The van der Waals surface area contributed by atoms with Crippen LogP contribution in [0.25, 0.3) is 10.2 Å². The number of benzene rings is 2. The van der Waals surface area contributed by atoms with E-state index in [-0.39, 0.29) is 43.3 Å². The first kappa shape index (κ1) is 48.0. The van der Waals surface area contributed by atoms with Crippen LogP contribution in [0.5, 0.6) is 5.75 Å². The van der Waals surface area contributed by atoms with Crippen LogP contribution in [0.15, 0.2) is 42.5 Å². The molecular weight excluding hydrogens is 884 g/mol. The van der Waals surface area contributed by atoms with Crippen LogP contribution in [0, 0.1) is 24.6 Å². The van der Waals surface area contributed by atoms with E-state index in [0.717, 1.165) is 39.3 Å². The number of aromatic nitrogens is 4. The van der Waals surface area contributed by atoms with Gasteiger partial charge in [-0.15, -0.1) is 21.5 Å². The molecule has 0 unspecified atom stereocenters. The van der Waals surface area contributed by atoms with E-state index in [1.807, 2.05) is 50.2 Å². The van der Waals surface area contributed by atoms with Gasteiger partial charge in [0.1, 0.15) is 5.60 Å². The summed E-state index contributed by atoms with van der Waals surface area (Å²) in [5.74, 6) is 5.73. The van der Waals surface area contributed by atoms with Crippen LogP contribution in [0.1, 0.15) is 72.1 Å². The van der Waals surface area contributed by atoms with Gasteiger partial charge in [-0.25, -0.2) is 23.9 Å². The van der Waals surface area contributed by atoms with Crippen molar-refractivity contribution in [2.45, 2.75) is 65.4 Å². The average molecular weight is 938 g/mol. The zero-order valence-electron chi connectivity index (χ0n) is 37.1. The maximum absolute atomic E-state index is 15.3. The van der Waals surface area contributed by atoms with Crippen molar-refractivity contribution >= 4 is 77.0 Å². The van der Waals surface area contributed by atoms with E-state index in [2.05, 4.69) is 32.3 Å². The van der Waals surface area contributed by atoms with Gasteiger partial charge in [0.05, 0.1) is 70.0 Å². The van der Waals surface area contributed by atoms with Gasteiger partial charge in [0.25, 0.3) is 10.1 Å². The van der Waals surface area contributed by atoms with Gasteiger partial charge in [-0.1, -0.05) is 35.3 Å². The summed E-state index contributed by atoms with van der Waals surface area (Å²) in [5, 5.41) is 13.8. The summed E-state index contributed by atoms with van der Waals surface area (Å²) in [5.41, 5.74) is 2.78. The first-order valence-electron chi connectivity index (χ1n) is 20.8. The monoisotopic (exact) mass is 937 g/mol. The van der Waals surface area contributed by atoms with Crippen LogP contribution in [0.4, 0.5) is 31.1 Å². The lowest BCUT2D eigenvalue weighted by Gasteiger charge is -2.33. The largest absolute Gasteiger partial charge is 0.491 e. The average Bonchev–Trinajstić information content (AvgIpc) is 3.85. The number of hydrogen-bond acceptors (Lipinski definition) is 15. The van der Waals surface area contributed by atoms with E-state index in [0.29, 0.717) is 64.2 Å². The highest BCUT2D eigenvalue weighted by molar-refractivity contribution is 7.85. The van der Waals surface area contributed by atoms with E-state index in [1.165, 1.54) is 35.5 Å². The predicted molar refractivity (Wildman–Crippen MR) is 246 cm³/mol. The van der Waals surface area contributed by atoms with Crippen molar-refractivity contribution < 1.29 is 45.6 Å². The van der Waals surface area contributed by atoms with Crippen molar-refractivity contribution in [2.24, 2.45) is 0 Å². The van der Waals surface area contributed by atoms with Crippen LogP contribution < -0.4 is 15.0 Å². The molecule has 0 spiro atoms. The molecule has 0 atom stereocenters. The molecule has 2 aromatic carbocycles. The quantitative estimate of drug-likeness (QED) is 0.0306. The van der Waals surface area contributed by atoms with Crippen LogP contribution in [0.2, 0.25) is 0 Å². The summed E-state index contributed by atoms with van der Waals surface area (Å²) >= 11 is 2.93. The molecule has 0 saturated carbocycles. The molecule has 0 saturated heterocycles. The number of ether oxygens (including phenoxy) is 3. The zero-order valence-corrected chi connectivity index (χ0v) is 39.5. The summed E-state index contributed by atoms with van der Waals surface area (Å²) in [4.78, 5) is 39.5. The minimum absolute atomic E-state index is 0.00812. The van der Waals surface area contributed by atoms with Gasteiger partial charge in [0.15, 0.2) is 39.2 Å². The lowest BCUT2D eigenvalue weighted by Crippen LogP contribution is -2.48. The number of amides is 1. The molecule has 20 heteroatoms. The molecule has 0 radical (unpaired) electrons. The molecule has 1 amide bonds. The third-order valence-corrected chi connectivity index (χ3v) is 13.1. The van der Waals surface area contributed by atoms with Gasteiger partial charge < -0.3 is 28.9 Å². The van der Waals surface area contributed by atoms with E-state index in [4.69, 9.17) is 23.7 Å². The molecule has 4 heterocycles. The molecule has 0 aliphatic carbocycles. The van der Waals surface area contributed by atoms with Crippen LogP contribution in [0.3, 0.4) is 0 Å². The Hall–Kier alpha value is -5.46. The van der Waals surface area contributed by atoms with Gasteiger partial charge in [0.2, 0.25) is 0 Å². The zero-order chi connectivity index (χ0) is 46.2. The fraction of sp³-hybridized carbons (Fsp3) is 0.455. The summed E-state index contributed by atoms with van der Waals surface area (Å²) in [7, 11) is 1.05. The van der Waals surface area contributed by atoms with Gasteiger partial charge >= 0.3 is 12.1 Å². The molecule has 0 fully saturated rings. The first-order valence-corrected chi connectivity index (χ1v) is 24.0. The number of methoxy groups -OCH3 is 1. The number of thiazole rings is 2. The molecule has 3 aromatic heterocycles. The van der Waals surface area contributed by atoms with Gasteiger partial charge in [-0.2, -0.15) is 8.42 Å². The van der Waals surface area contributed by atoms with E-state index in [1.54, 1.807) is 38.2 Å². The summed E-state index contributed by atoms with van der Waals surface area (Å²) in [6.45, 7) is 9.30. The fourth-order valence-corrected chi connectivity index (χ4v) is 9.35. The second-order valence-corrected chi connectivity index (χ2v) is 20.6. The van der Waals surface area contributed by atoms with Gasteiger partial charge in [-0.05, 0) is 83.7 Å². The van der Waals surface area contributed by atoms with Crippen molar-refractivity contribution in [2.75, 3.05) is 76.5 Å². The maximum Gasteiger partial charge on any atom is 0.411 e. The predicted octanol–water partition coefficient (Wildman–Crippen LogP) is 7.56. The summed E-state index contributed by atoms with van der Waals surface area (Å²) in [6, 6.07) is 12.3. The van der Waals surface area contributed by atoms with Crippen molar-refractivity contribution in [1.82, 2.24) is 25.1 Å². The van der Waals surface area contributed by atoms with Gasteiger partial charge in [-0.3, -0.25) is 9.45 Å². The molecular formula is C44H54FN8O8S3+. The number of para-hydroxylation sites is 1. The molecule has 5 aromatic rings. The van der Waals surface area contributed by atoms with Gasteiger partial charge in [0, 0.05) is 34.5 Å². The Bertz CT molecular complexity index is 2620. The topological polar surface area (TPSA) is 186 Å². The number of nitrogens with zero attached hydrogens (tertiary/aromatic N) is 7. The minimum Gasteiger partial charge on any atom is -0.491 e. The molecule has 1 aliphatic heterocycles. The number of halogens is 1. The Morgan fingerprint density at radius 3 is 2.58 bits per heavy atom. The molecule has 16 nitrogen and oxygen atoms in total. The lowest BCUT2D eigenvalue weighted by atomic mass is 10.0. The SMILES string of the molecule is COC(=O)c1nc(N2CCCc3c2nnc(Nc2nc4ccccc4s2)c3C)sc1CCCOc1ccc(C#CCN(CC[N+](C)(C)CCCS(=O)(=O)O)C(=O)OC(C)(C)C)cc1F. The van der Waals surface area contributed by atoms with E-state index < -0.39 is 33.6 Å². The number of carbonyl (C=O) groups is 2. The fourth-order valence-electron chi connectivity index (χ4n) is 6.88. The number of carbonyl (C=O) groups excluding carboxylic acids is 2. The third kappa shape index (κ3) is 13.1. The standard InChI is InChI=1S/C44H53FN8O8S3/c1-29-31-15-11-22-52(39(31)50-49-38(29)48-41-46-33-16-8-9-17-35(33)62-41)42-47-37(40(54)59-7)36(63-42)18-12-26-60-34-20-19-30(28-32(34)45)14-10-21-51(43(55)61-44(2,3)4)23-25-53(5,6)24-13-27-64(56,57)58/h8-9,16-17,19-20,28H,11-13,15,18,21-27H2,1-7H3,(H-,46,48,49,56,57,58)/p+1. The number of rotatable bonds is 17. The summed E-state index contributed by atoms with van der Waals surface area (Å²) < 4.78 is 64.6. The van der Waals surface area contributed by atoms with Crippen LogP contribution >= 0.6 is 22.7 Å². The van der Waals surface area contributed by atoms with Crippen LogP contribution in [-0.2, 0) is 32.4 Å². The Morgan fingerprint density at radius 2 is 1.86 bits per heavy atom. The number of aryl methyl sites for hydroxylation is 1. The van der Waals surface area contributed by atoms with Crippen LogP contribution in [-0.4, -0.2) is 126 Å². The third-order valence-electron chi connectivity index (χ3n) is 10.2. The van der Waals surface area contributed by atoms with Crippen molar-refractivity contribution in [3.05, 3.63) is 75.5 Å². The maximum atomic E-state index is 15.3. The first-order chi connectivity index (χ1) is 30.3. The summed E-state index contributed by atoms with van der Waals surface area (Å²) in [6.07, 6.45) is 2.24. The van der Waals surface area contributed by atoms with E-state index >= 15 is 4.39 Å². The Morgan fingerprint density at radius 1 is 1.08 bits per heavy atom. The lowest BCUT2D eigenvalue weighted by molar-refractivity contribution is -0.889. The molecule has 1 aliphatic rings. The minimum atomic E-state index is -4.07. The number of quaternary nitrogens is 1. The van der Waals surface area contributed by atoms with Crippen molar-refractivity contribution in [3.63, 3.8) is 0 Å². The molecule has 2 N–H and O–H groups in total. The van der Waals surface area contributed by atoms with Crippen molar-refractivity contribution in [3.8, 4) is 17.6 Å². The molecule has 342 valence electrons. The molecule has 0 bridgehead atoms. The Labute approximate surface area is 381 Å². The number of fused-ring (bicyclic) bond motifs is 2. The van der Waals surface area contributed by atoms with E-state index in [9.17, 15) is 18.0 Å². The second-order valence-electron chi connectivity index (χ2n) is 16.9. The Balaban J connectivity index is 1.06. The highest BCUT2D eigenvalue weighted by Gasteiger charge is 2.29. The number of anilines is 4. The highest BCUT2D eigenvalue weighted by Crippen LogP contribution is 2.39. The number of hydrogen-bond donors (Lipinski definition) is 2. The Kier molecular flexibility index (Phi) is 15.4. The second kappa shape index (κ2) is 20.6. The molecule has 64 heavy (non-hydrogen) atoms. The van der Waals surface area contributed by atoms with Crippen molar-refractivity contribution in [1.29, 1.82) is 0 Å². The highest BCUT2D eigenvalue weighted by atomic mass is 32.2. The molecule has 6 rings (SSSR count). The number of likely N-dealkylation sites (N-methyl/N-ethyl adjacent to an activating group) is 1. The number of nitrogens with one attached hydrogen (secondary N) is 1. The number of esters is 1. The smallest absolute Gasteiger partial charge is 0.411 e.